The van der Waals surface area contributed by atoms with Gasteiger partial charge in [-0.05, 0) is 36.1 Å². The summed E-state index contributed by atoms with van der Waals surface area (Å²) in [7, 11) is -3.12. The molecule has 2 aromatic carbocycles. The molecule has 0 heterocycles. The molecule has 0 saturated carbocycles. The number of hydrogen-bond acceptors (Lipinski definition) is 3. The molecule has 0 radical (unpaired) electrons. The monoisotopic (exact) mass is 416 g/mol. The molecular formula is C25H37O3P. The molecule has 0 spiro atoms. The summed E-state index contributed by atoms with van der Waals surface area (Å²) in [5, 5.41) is 0. The van der Waals surface area contributed by atoms with Crippen molar-refractivity contribution in [3.63, 3.8) is 0 Å². The van der Waals surface area contributed by atoms with Gasteiger partial charge in [-0.3, -0.25) is 4.52 Å². The summed E-state index contributed by atoms with van der Waals surface area (Å²) in [5.74, 6) is 0.616. The van der Waals surface area contributed by atoms with Crippen LogP contribution in [0.5, 0.6) is 5.75 Å². The van der Waals surface area contributed by atoms with Crippen LogP contribution in [0.1, 0.15) is 77.3 Å². The summed E-state index contributed by atoms with van der Waals surface area (Å²) in [5.41, 5.74) is 2.35. The lowest BCUT2D eigenvalue weighted by atomic mass is 9.78. The third-order valence-corrected chi connectivity index (χ3v) is 7.32. The fourth-order valence-electron chi connectivity index (χ4n) is 3.34. The third-order valence-electron chi connectivity index (χ3n) is 5.39. The SMILES string of the molecule is CCCCCCOP(=O)(CCCC)Oc1ccc(C(C)(C)c2ccccc2)cc1. The van der Waals surface area contributed by atoms with Crippen LogP contribution in [-0.4, -0.2) is 12.8 Å². The van der Waals surface area contributed by atoms with E-state index < -0.39 is 7.60 Å². The molecule has 160 valence electrons. The van der Waals surface area contributed by atoms with E-state index in [9.17, 15) is 4.57 Å². The fraction of sp³-hybridized carbons (Fsp3) is 0.520. The van der Waals surface area contributed by atoms with Crippen molar-refractivity contribution in [3.8, 4) is 5.75 Å². The summed E-state index contributed by atoms with van der Waals surface area (Å²) < 4.78 is 24.9. The van der Waals surface area contributed by atoms with Crippen LogP contribution >= 0.6 is 7.60 Å². The highest BCUT2D eigenvalue weighted by atomic mass is 31.2. The van der Waals surface area contributed by atoms with Crippen molar-refractivity contribution in [1.82, 2.24) is 0 Å². The highest BCUT2D eigenvalue weighted by Crippen LogP contribution is 2.49. The van der Waals surface area contributed by atoms with Crippen LogP contribution in [0.15, 0.2) is 54.6 Å². The molecule has 0 aromatic heterocycles. The van der Waals surface area contributed by atoms with E-state index in [0.29, 0.717) is 18.5 Å². The van der Waals surface area contributed by atoms with E-state index in [0.717, 1.165) is 25.7 Å². The van der Waals surface area contributed by atoms with E-state index in [2.05, 4.69) is 64.1 Å². The molecule has 0 aliphatic carbocycles. The third kappa shape index (κ3) is 7.32. The van der Waals surface area contributed by atoms with Gasteiger partial charge in [0.25, 0.3) is 0 Å². The smallest absolute Gasteiger partial charge is 0.379 e. The van der Waals surface area contributed by atoms with Crippen molar-refractivity contribution < 1.29 is 13.6 Å². The lowest BCUT2D eigenvalue weighted by Gasteiger charge is -2.26. The molecule has 0 aliphatic rings. The molecule has 29 heavy (non-hydrogen) atoms. The quantitative estimate of drug-likeness (QED) is 0.245. The van der Waals surface area contributed by atoms with Gasteiger partial charge < -0.3 is 4.52 Å². The summed E-state index contributed by atoms with van der Waals surface area (Å²) in [6.07, 6.45) is 6.67. The highest BCUT2D eigenvalue weighted by molar-refractivity contribution is 7.54. The molecule has 2 rings (SSSR count). The summed E-state index contributed by atoms with van der Waals surface area (Å²) in [4.78, 5) is 0. The molecule has 0 N–H and O–H groups in total. The topological polar surface area (TPSA) is 35.5 Å². The van der Waals surface area contributed by atoms with E-state index in [4.69, 9.17) is 9.05 Å². The van der Waals surface area contributed by atoms with Crippen molar-refractivity contribution >= 4 is 7.60 Å². The van der Waals surface area contributed by atoms with Gasteiger partial charge in [-0.15, -0.1) is 0 Å². The van der Waals surface area contributed by atoms with Gasteiger partial charge >= 0.3 is 7.60 Å². The Morgan fingerprint density at radius 3 is 2.03 bits per heavy atom. The van der Waals surface area contributed by atoms with Gasteiger partial charge in [0.2, 0.25) is 0 Å². The zero-order valence-corrected chi connectivity index (χ0v) is 19.4. The maximum atomic E-state index is 13.2. The van der Waals surface area contributed by atoms with E-state index in [1.165, 1.54) is 24.0 Å². The minimum atomic E-state index is -3.12. The summed E-state index contributed by atoms with van der Waals surface area (Å²) >= 11 is 0. The number of benzene rings is 2. The average molecular weight is 417 g/mol. The number of hydrogen-bond donors (Lipinski definition) is 0. The largest absolute Gasteiger partial charge is 0.424 e. The standard InChI is InChI=1S/C25H37O3P/c1-5-7-9-13-20-27-29(26,21-8-6-2)28-24-18-16-23(17-19-24)25(3,4)22-14-11-10-12-15-22/h10-12,14-19H,5-9,13,20-21H2,1-4H3. The molecule has 0 aliphatic heterocycles. The predicted molar refractivity (Wildman–Crippen MR) is 123 cm³/mol. The average Bonchev–Trinajstić information content (AvgIpc) is 2.73. The van der Waals surface area contributed by atoms with Gasteiger partial charge in [-0.1, -0.05) is 95.8 Å². The van der Waals surface area contributed by atoms with Gasteiger partial charge in [-0.25, -0.2) is 4.57 Å². The van der Waals surface area contributed by atoms with Crippen LogP contribution < -0.4 is 4.52 Å². The Morgan fingerprint density at radius 1 is 0.793 bits per heavy atom. The van der Waals surface area contributed by atoms with Gasteiger partial charge in [0.05, 0.1) is 12.8 Å². The van der Waals surface area contributed by atoms with Crippen molar-refractivity contribution in [1.29, 1.82) is 0 Å². The first kappa shape index (κ1) is 23.7. The van der Waals surface area contributed by atoms with Gasteiger partial charge in [0, 0.05) is 5.41 Å². The summed E-state index contributed by atoms with van der Waals surface area (Å²) in [6.45, 7) is 9.19. The zero-order valence-electron chi connectivity index (χ0n) is 18.5. The molecular weight excluding hydrogens is 379 g/mol. The second-order valence-corrected chi connectivity index (χ2v) is 10.3. The molecule has 1 unspecified atom stereocenters. The van der Waals surface area contributed by atoms with Gasteiger partial charge in [-0.2, -0.15) is 0 Å². The Hall–Kier alpha value is -1.57. The Labute approximate surface area is 177 Å². The first-order valence-electron chi connectivity index (χ1n) is 11.0. The second-order valence-electron chi connectivity index (χ2n) is 8.19. The van der Waals surface area contributed by atoms with Crippen molar-refractivity contribution in [2.45, 2.75) is 71.6 Å². The zero-order chi connectivity index (χ0) is 21.2. The molecule has 3 nitrogen and oxygen atoms in total. The van der Waals surface area contributed by atoms with Crippen LogP contribution in [0, 0.1) is 0 Å². The normalized spacial score (nSPS) is 13.8. The Balaban J connectivity index is 2.06. The molecule has 0 bridgehead atoms. The molecule has 0 saturated heterocycles. The van der Waals surface area contributed by atoms with E-state index in [1.807, 2.05) is 18.2 Å². The van der Waals surface area contributed by atoms with Crippen molar-refractivity contribution in [2.24, 2.45) is 0 Å². The first-order valence-corrected chi connectivity index (χ1v) is 12.7. The predicted octanol–water partition coefficient (Wildman–Crippen LogP) is 7.98. The molecule has 0 amide bonds. The van der Waals surface area contributed by atoms with Crippen LogP contribution in [-0.2, 0) is 14.5 Å². The van der Waals surface area contributed by atoms with Crippen LogP contribution in [0.2, 0.25) is 0 Å². The summed E-state index contributed by atoms with van der Waals surface area (Å²) in [6, 6.07) is 18.4. The minimum Gasteiger partial charge on any atom is -0.424 e. The van der Waals surface area contributed by atoms with E-state index in [1.54, 1.807) is 0 Å². The molecule has 4 heteroatoms. The second kappa shape index (κ2) is 11.6. The van der Waals surface area contributed by atoms with E-state index >= 15 is 0 Å². The Kier molecular flexibility index (Phi) is 9.46. The maximum Gasteiger partial charge on any atom is 0.379 e. The highest BCUT2D eigenvalue weighted by Gasteiger charge is 2.27. The van der Waals surface area contributed by atoms with Crippen LogP contribution in [0.4, 0.5) is 0 Å². The molecule has 2 aromatic rings. The fourth-order valence-corrected chi connectivity index (χ4v) is 5.16. The first-order chi connectivity index (χ1) is 13.9. The van der Waals surface area contributed by atoms with Crippen molar-refractivity contribution in [2.75, 3.05) is 12.8 Å². The lowest BCUT2D eigenvalue weighted by Crippen LogP contribution is -2.18. The molecule has 0 fully saturated rings. The van der Waals surface area contributed by atoms with Gasteiger partial charge in [0.1, 0.15) is 5.75 Å². The number of unbranched alkanes of at least 4 members (excludes halogenated alkanes) is 4. The van der Waals surface area contributed by atoms with Crippen LogP contribution in [0.3, 0.4) is 0 Å². The Morgan fingerprint density at radius 2 is 1.41 bits per heavy atom. The lowest BCUT2D eigenvalue weighted by molar-refractivity contribution is 0.257. The minimum absolute atomic E-state index is 0.110. The van der Waals surface area contributed by atoms with Gasteiger partial charge in [0.15, 0.2) is 0 Å². The Bertz CT molecular complexity index is 753. The molecule has 1 atom stereocenters. The maximum absolute atomic E-state index is 13.2. The number of rotatable bonds is 13. The van der Waals surface area contributed by atoms with Crippen molar-refractivity contribution in [3.05, 3.63) is 65.7 Å². The van der Waals surface area contributed by atoms with Crippen LogP contribution in [0.25, 0.3) is 0 Å². The van der Waals surface area contributed by atoms with E-state index in [-0.39, 0.29) is 5.41 Å².